The van der Waals surface area contributed by atoms with Gasteiger partial charge in [0.15, 0.2) is 0 Å². The van der Waals surface area contributed by atoms with E-state index in [4.69, 9.17) is 9.97 Å². The van der Waals surface area contributed by atoms with Gasteiger partial charge in [-0.25, -0.2) is 9.97 Å². The summed E-state index contributed by atoms with van der Waals surface area (Å²) < 4.78 is 2.39. The third-order valence-corrected chi connectivity index (χ3v) is 8.52. The predicted molar refractivity (Wildman–Crippen MR) is 168 cm³/mol. The summed E-state index contributed by atoms with van der Waals surface area (Å²) in [7, 11) is 2.21. The van der Waals surface area contributed by atoms with Crippen molar-refractivity contribution in [3.05, 3.63) is 121 Å². The van der Waals surface area contributed by atoms with Crippen molar-refractivity contribution in [2.75, 3.05) is 0 Å². The lowest BCUT2D eigenvalue weighted by Gasteiger charge is -2.10. The van der Waals surface area contributed by atoms with Crippen molar-refractivity contribution in [3.63, 3.8) is 0 Å². The lowest BCUT2D eigenvalue weighted by molar-refractivity contribution is 1.02. The van der Waals surface area contributed by atoms with Crippen LogP contribution in [0, 0.1) is 0 Å². The normalized spacial score (nSPS) is 12.1. The summed E-state index contributed by atoms with van der Waals surface area (Å²) in [5.74, 6) is 0. The second-order valence-corrected chi connectivity index (χ2v) is 10.6. The van der Waals surface area contributed by atoms with Gasteiger partial charge in [0.1, 0.15) is 0 Å². The van der Waals surface area contributed by atoms with E-state index in [0.29, 0.717) is 0 Å². The minimum atomic E-state index is 0.881. The predicted octanol–water partition coefficient (Wildman–Crippen LogP) is 9.51. The Balaban J connectivity index is 1.76. The Morgan fingerprint density at radius 3 is 1.07 bits per heavy atom. The molecule has 0 saturated carbocycles. The summed E-state index contributed by atoms with van der Waals surface area (Å²) in [6.07, 6.45) is 0. The molecule has 0 unspecified atom stereocenters. The highest BCUT2D eigenvalue weighted by Crippen LogP contribution is 2.50. The number of aryl methyl sites for hydroxylation is 1. The molecule has 0 amide bonds. The van der Waals surface area contributed by atoms with Crippen LogP contribution in [0.4, 0.5) is 0 Å². The number of para-hydroxylation sites is 2. The van der Waals surface area contributed by atoms with E-state index in [0.717, 1.165) is 44.3 Å². The molecule has 3 nitrogen and oxygen atoms in total. The van der Waals surface area contributed by atoms with Crippen molar-refractivity contribution >= 4 is 65.2 Å². The van der Waals surface area contributed by atoms with Gasteiger partial charge >= 0.3 is 0 Å². The molecule has 40 heavy (non-hydrogen) atoms. The van der Waals surface area contributed by atoms with Gasteiger partial charge in [-0.2, -0.15) is 0 Å². The zero-order valence-corrected chi connectivity index (χ0v) is 21.9. The molecule has 0 atom stereocenters. The summed E-state index contributed by atoms with van der Waals surface area (Å²) in [5.41, 5.74) is 8.41. The lowest BCUT2D eigenvalue weighted by atomic mass is 9.98. The Hall–Kier alpha value is -5.28. The molecule has 9 rings (SSSR count). The molecule has 0 radical (unpaired) electrons. The second-order valence-electron chi connectivity index (χ2n) is 10.6. The van der Waals surface area contributed by atoms with Gasteiger partial charge in [-0.15, -0.1) is 0 Å². The first-order valence-electron chi connectivity index (χ1n) is 13.7. The molecule has 0 bridgehead atoms. The largest absolute Gasteiger partial charge is 0.342 e. The van der Waals surface area contributed by atoms with Gasteiger partial charge in [-0.3, -0.25) is 0 Å². The molecule has 0 N–H and O–H groups in total. The van der Waals surface area contributed by atoms with Crippen molar-refractivity contribution < 1.29 is 0 Å². The van der Waals surface area contributed by atoms with E-state index in [-0.39, 0.29) is 0 Å². The lowest BCUT2D eigenvalue weighted by Crippen LogP contribution is -1.92. The monoisotopic (exact) mass is 509 g/mol. The maximum absolute atomic E-state index is 5.44. The maximum Gasteiger partial charge on any atom is 0.0894 e. The smallest absolute Gasteiger partial charge is 0.0894 e. The Kier molecular flexibility index (Phi) is 4.26. The van der Waals surface area contributed by atoms with Gasteiger partial charge in [0, 0.05) is 39.7 Å². The highest BCUT2D eigenvalue weighted by Gasteiger charge is 2.28. The molecular formula is C37H23N3. The quantitative estimate of drug-likeness (QED) is 0.204. The molecule has 6 aromatic rings. The van der Waals surface area contributed by atoms with Crippen LogP contribution in [0.2, 0.25) is 0 Å². The standard InChI is InChI=1S/C37H23N3/c1-40-36-28-18-8-4-14-24(28)22-12-2-6-16-26(22)34-32(36)33-35(39-31-21-11-10-20-30(31)38-34)27-17-7-3-13-23(27)25-15-5-9-19-29(25)37(33)40/h2-21H,1H3. The molecule has 0 spiro atoms. The minimum Gasteiger partial charge on any atom is -0.342 e. The third-order valence-electron chi connectivity index (χ3n) is 8.52. The van der Waals surface area contributed by atoms with Crippen LogP contribution in [-0.4, -0.2) is 14.5 Å². The first-order chi connectivity index (χ1) is 19.8. The van der Waals surface area contributed by atoms with Crippen molar-refractivity contribution in [2.45, 2.75) is 0 Å². The Morgan fingerprint density at radius 1 is 0.375 bits per heavy atom. The molecule has 3 aliphatic rings. The van der Waals surface area contributed by atoms with E-state index in [2.05, 4.69) is 133 Å². The number of aromatic nitrogens is 3. The van der Waals surface area contributed by atoms with Crippen LogP contribution >= 0.6 is 0 Å². The molecule has 1 aromatic heterocycles. The van der Waals surface area contributed by atoms with E-state index in [1.54, 1.807) is 0 Å². The maximum atomic E-state index is 5.44. The fourth-order valence-electron chi connectivity index (χ4n) is 6.87. The van der Waals surface area contributed by atoms with Gasteiger partial charge in [0.2, 0.25) is 0 Å². The molecule has 2 heterocycles. The molecule has 186 valence electrons. The van der Waals surface area contributed by atoms with Crippen LogP contribution in [0.15, 0.2) is 121 Å². The zero-order chi connectivity index (χ0) is 26.4. The van der Waals surface area contributed by atoms with Crippen LogP contribution in [0.5, 0.6) is 0 Å². The molecule has 5 aromatic carbocycles. The van der Waals surface area contributed by atoms with E-state index >= 15 is 0 Å². The average molecular weight is 510 g/mol. The van der Waals surface area contributed by atoms with Crippen LogP contribution in [-0.2, 0) is 7.05 Å². The molecule has 0 saturated heterocycles. The minimum absolute atomic E-state index is 0.881. The van der Waals surface area contributed by atoms with E-state index in [9.17, 15) is 0 Å². The van der Waals surface area contributed by atoms with Crippen LogP contribution < -0.4 is 0 Å². The summed E-state index contributed by atoms with van der Waals surface area (Å²) in [6.45, 7) is 0. The van der Waals surface area contributed by atoms with Crippen LogP contribution in [0.3, 0.4) is 0 Å². The summed E-state index contributed by atoms with van der Waals surface area (Å²) in [5, 5.41) is 9.56. The topological polar surface area (TPSA) is 30.7 Å². The van der Waals surface area contributed by atoms with E-state index in [1.807, 2.05) is 0 Å². The summed E-state index contributed by atoms with van der Waals surface area (Å²) >= 11 is 0. The van der Waals surface area contributed by atoms with Gasteiger partial charge in [0.25, 0.3) is 0 Å². The van der Waals surface area contributed by atoms with E-state index in [1.165, 1.54) is 43.4 Å². The first kappa shape index (κ1) is 21.6. The summed E-state index contributed by atoms with van der Waals surface area (Å²) in [6, 6.07) is 43.2. The number of nitrogens with zero attached hydrogens (tertiary/aromatic N) is 3. The third kappa shape index (κ3) is 2.73. The number of hydrogen-bond donors (Lipinski definition) is 0. The van der Waals surface area contributed by atoms with Crippen molar-refractivity contribution in [2.24, 2.45) is 7.05 Å². The highest BCUT2D eigenvalue weighted by atomic mass is 15.0. The Labute approximate surface area is 230 Å². The van der Waals surface area contributed by atoms with Crippen molar-refractivity contribution in [1.29, 1.82) is 0 Å². The molecule has 3 heteroatoms. The number of benzene rings is 5. The number of rotatable bonds is 0. The Morgan fingerprint density at radius 2 is 0.675 bits per heavy atom. The first-order valence-corrected chi connectivity index (χ1v) is 13.7. The van der Waals surface area contributed by atoms with Crippen LogP contribution in [0.1, 0.15) is 0 Å². The average Bonchev–Trinajstić information content (AvgIpc) is 3.15. The Bertz CT molecular complexity index is 2280. The SMILES string of the molecule is Cn1c2c3c4c1c1ccccc1c1ccccc1c-4nc1ccccc1nc-3c1ccccc1c1ccccc12. The molecule has 2 aliphatic carbocycles. The fraction of sp³-hybridized carbons (Fsp3) is 0.0270. The highest BCUT2D eigenvalue weighted by molar-refractivity contribution is 6.28. The van der Waals surface area contributed by atoms with Crippen molar-refractivity contribution in [1.82, 2.24) is 14.5 Å². The molecule has 0 fully saturated rings. The van der Waals surface area contributed by atoms with Gasteiger partial charge in [-0.1, -0.05) is 109 Å². The summed E-state index contributed by atoms with van der Waals surface area (Å²) in [4.78, 5) is 10.9. The fourth-order valence-corrected chi connectivity index (χ4v) is 6.87. The van der Waals surface area contributed by atoms with Gasteiger partial charge in [0.05, 0.1) is 33.5 Å². The molecule has 1 aliphatic heterocycles. The second kappa shape index (κ2) is 7.87. The van der Waals surface area contributed by atoms with Crippen LogP contribution in [0.25, 0.3) is 87.7 Å². The zero-order valence-electron chi connectivity index (χ0n) is 21.9. The van der Waals surface area contributed by atoms with E-state index < -0.39 is 0 Å². The molecular weight excluding hydrogens is 486 g/mol. The van der Waals surface area contributed by atoms with Gasteiger partial charge < -0.3 is 4.57 Å². The van der Waals surface area contributed by atoms with Crippen molar-refractivity contribution in [3.8, 4) is 22.5 Å². The number of hydrogen-bond acceptors (Lipinski definition) is 2. The van der Waals surface area contributed by atoms with Gasteiger partial charge in [-0.05, 0) is 33.7 Å². The number of fused-ring (bicyclic) bond motifs is 11.